The summed E-state index contributed by atoms with van der Waals surface area (Å²) in [5.41, 5.74) is 0.761. The molecule has 2 aromatic carbocycles. The molecule has 0 atom stereocenters. The number of nitrogens with one attached hydrogen (secondary N) is 2. The number of carbonyl (C=O) groups excluding carboxylic acids is 3. The normalized spacial score (nSPS) is 10.2. The Labute approximate surface area is 166 Å². The summed E-state index contributed by atoms with van der Waals surface area (Å²) in [5, 5.41) is 4.13. The maximum Gasteiger partial charge on any atom is 0.338 e. The Balaban J connectivity index is 1.88. The molecule has 0 unspecified atom stereocenters. The SMILES string of the molecule is CCOCc1cc(C(=O)OCC(=O)NC(=O)Nc2ccccc2F)ccc1OC. The fourth-order valence-corrected chi connectivity index (χ4v) is 2.32. The summed E-state index contributed by atoms with van der Waals surface area (Å²) in [5.74, 6) is -1.72. The van der Waals surface area contributed by atoms with Gasteiger partial charge < -0.3 is 19.5 Å². The zero-order valence-electron chi connectivity index (χ0n) is 16.0. The van der Waals surface area contributed by atoms with Crippen LogP contribution in [-0.4, -0.2) is 38.2 Å². The highest BCUT2D eigenvalue weighted by molar-refractivity contribution is 6.02. The van der Waals surface area contributed by atoms with E-state index in [4.69, 9.17) is 14.2 Å². The van der Waals surface area contributed by atoms with E-state index in [0.717, 1.165) is 6.07 Å². The van der Waals surface area contributed by atoms with Gasteiger partial charge in [0.05, 0.1) is 25.0 Å². The fraction of sp³-hybridized carbons (Fsp3) is 0.250. The lowest BCUT2D eigenvalue weighted by Crippen LogP contribution is -2.37. The average molecular weight is 404 g/mol. The molecule has 0 spiro atoms. The van der Waals surface area contributed by atoms with Gasteiger partial charge in [0.15, 0.2) is 6.61 Å². The van der Waals surface area contributed by atoms with Gasteiger partial charge in [0.1, 0.15) is 11.6 Å². The molecule has 154 valence electrons. The molecule has 0 heterocycles. The minimum atomic E-state index is -0.945. The minimum Gasteiger partial charge on any atom is -0.496 e. The van der Waals surface area contributed by atoms with Gasteiger partial charge in [0.2, 0.25) is 0 Å². The summed E-state index contributed by atoms with van der Waals surface area (Å²) in [4.78, 5) is 35.7. The van der Waals surface area contributed by atoms with E-state index < -0.39 is 30.3 Å². The zero-order valence-corrected chi connectivity index (χ0v) is 16.0. The molecular formula is C20H21FN2O6. The smallest absolute Gasteiger partial charge is 0.338 e. The first-order chi connectivity index (χ1) is 13.9. The number of methoxy groups -OCH3 is 1. The lowest BCUT2D eigenvalue weighted by atomic mass is 10.1. The molecule has 0 bridgehead atoms. The first-order valence-corrected chi connectivity index (χ1v) is 8.71. The van der Waals surface area contributed by atoms with E-state index in [9.17, 15) is 18.8 Å². The van der Waals surface area contributed by atoms with E-state index in [2.05, 4.69) is 5.32 Å². The highest BCUT2D eigenvalue weighted by Gasteiger charge is 2.15. The average Bonchev–Trinajstić information content (AvgIpc) is 2.71. The molecule has 2 N–H and O–H groups in total. The van der Waals surface area contributed by atoms with E-state index in [1.807, 2.05) is 12.2 Å². The Hall–Kier alpha value is -3.46. The van der Waals surface area contributed by atoms with Crippen molar-refractivity contribution < 1.29 is 33.0 Å². The quantitative estimate of drug-likeness (QED) is 0.656. The van der Waals surface area contributed by atoms with Crippen LogP contribution in [0.1, 0.15) is 22.8 Å². The summed E-state index contributed by atoms with van der Waals surface area (Å²) in [7, 11) is 1.50. The molecule has 2 rings (SSSR count). The molecule has 29 heavy (non-hydrogen) atoms. The highest BCUT2D eigenvalue weighted by Crippen LogP contribution is 2.21. The summed E-state index contributed by atoms with van der Waals surface area (Å²) < 4.78 is 28.9. The second kappa shape index (κ2) is 10.8. The van der Waals surface area contributed by atoms with Crippen molar-refractivity contribution in [3.8, 4) is 5.75 Å². The number of para-hydroxylation sites is 1. The third-order valence-electron chi connectivity index (χ3n) is 3.69. The molecule has 8 nitrogen and oxygen atoms in total. The largest absolute Gasteiger partial charge is 0.496 e. The van der Waals surface area contributed by atoms with Crippen LogP contribution in [0.25, 0.3) is 0 Å². The Morgan fingerprint density at radius 2 is 1.86 bits per heavy atom. The highest BCUT2D eigenvalue weighted by atomic mass is 19.1. The molecule has 0 fully saturated rings. The van der Waals surface area contributed by atoms with Gasteiger partial charge >= 0.3 is 12.0 Å². The Morgan fingerprint density at radius 3 is 2.55 bits per heavy atom. The fourth-order valence-electron chi connectivity index (χ4n) is 2.32. The van der Waals surface area contributed by atoms with Crippen molar-refractivity contribution in [3.05, 3.63) is 59.4 Å². The number of esters is 1. The summed E-state index contributed by atoms with van der Waals surface area (Å²) in [6.07, 6.45) is 0. The number of urea groups is 1. The zero-order chi connectivity index (χ0) is 21.2. The monoisotopic (exact) mass is 404 g/mol. The number of hydrogen-bond donors (Lipinski definition) is 2. The molecule has 0 aromatic heterocycles. The van der Waals surface area contributed by atoms with Crippen molar-refractivity contribution in [3.63, 3.8) is 0 Å². The van der Waals surface area contributed by atoms with Gasteiger partial charge in [-0.1, -0.05) is 12.1 Å². The minimum absolute atomic E-state index is 0.0881. The molecule has 9 heteroatoms. The van der Waals surface area contributed by atoms with Crippen molar-refractivity contribution >= 4 is 23.6 Å². The second-order valence-corrected chi connectivity index (χ2v) is 5.72. The number of rotatable bonds is 8. The predicted octanol–water partition coefficient (Wildman–Crippen LogP) is 2.88. The van der Waals surface area contributed by atoms with Crippen LogP contribution in [0.3, 0.4) is 0 Å². The van der Waals surface area contributed by atoms with Crippen LogP contribution in [0.2, 0.25) is 0 Å². The van der Waals surface area contributed by atoms with E-state index in [-0.39, 0.29) is 17.9 Å². The molecular weight excluding hydrogens is 383 g/mol. The summed E-state index contributed by atoms with van der Waals surface area (Å²) in [6.45, 7) is 1.90. The van der Waals surface area contributed by atoms with Crippen LogP contribution >= 0.6 is 0 Å². The van der Waals surface area contributed by atoms with E-state index in [1.165, 1.54) is 31.4 Å². The predicted molar refractivity (Wildman–Crippen MR) is 102 cm³/mol. The Kier molecular flexibility index (Phi) is 8.11. The molecule has 0 saturated carbocycles. The van der Waals surface area contributed by atoms with Crippen LogP contribution in [0.15, 0.2) is 42.5 Å². The van der Waals surface area contributed by atoms with Crippen LogP contribution in [0.5, 0.6) is 5.75 Å². The van der Waals surface area contributed by atoms with Gasteiger partial charge in [-0.25, -0.2) is 14.0 Å². The van der Waals surface area contributed by atoms with Crippen molar-refractivity contribution in [1.82, 2.24) is 5.32 Å². The first-order valence-electron chi connectivity index (χ1n) is 8.71. The maximum atomic E-state index is 13.5. The maximum absolute atomic E-state index is 13.5. The Bertz CT molecular complexity index is 887. The van der Waals surface area contributed by atoms with E-state index >= 15 is 0 Å². The molecule has 0 radical (unpaired) electrons. The van der Waals surface area contributed by atoms with Gasteiger partial charge in [-0.2, -0.15) is 0 Å². The van der Waals surface area contributed by atoms with Gasteiger partial charge in [-0.3, -0.25) is 10.1 Å². The molecule has 0 saturated heterocycles. The molecule has 0 aliphatic carbocycles. The Morgan fingerprint density at radius 1 is 1.10 bits per heavy atom. The standard InChI is InChI=1S/C20H21FN2O6/c1-3-28-11-14-10-13(8-9-17(14)27-2)19(25)29-12-18(24)23-20(26)22-16-7-5-4-6-15(16)21/h4-10H,3,11-12H2,1-2H3,(H2,22,23,24,26). The van der Waals surface area contributed by atoms with Gasteiger partial charge in [0, 0.05) is 12.2 Å². The van der Waals surface area contributed by atoms with Gasteiger partial charge in [-0.05, 0) is 37.3 Å². The van der Waals surface area contributed by atoms with Crippen LogP contribution in [-0.2, 0) is 20.9 Å². The number of ether oxygens (including phenoxy) is 3. The van der Waals surface area contributed by atoms with Crippen LogP contribution in [0.4, 0.5) is 14.9 Å². The van der Waals surface area contributed by atoms with Crippen molar-refractivity contribution in [2.24, 2.45) is 0 Å². The number of halogens is 1. The molecule has 2 aromatic rings. The summed E-state index contributed by atoms with van der Waals surface area (Å²) >= 11 is 0. The number of amides is 3. The molecule has 0 aliphatic heterocycles. The van der Waals surface area contributed by atoms with E-state index in [1.54, 1.807) is 12.1 Å². The second-order valence-electron chi connectivity index (χ2n) is 5.72. The lowest BCUT2D eigenvalue weighted by Gasteiger charge is -2.11. The van der Waals surface area contributed by atoms with Crippen molar-refractivity contribution in [2.75, 3.05) is 25.6 Å². The first kappa shape index (κ1) is 21.8. The number of anilines is 1. The van der Waals surface area contributed by atoms with Gasteiger partial charge in [0.25, 0.3) is 5.91 Å². The molecule has 0 aliphatic rings. The number of imide groups is 1. The topological polar surface area (TPSA) is 103 Å². The number of carbonyl (C=O) groups is 3. The third-order valence-corrected chi connectivity index (χ3v) is 3.69. The third kappa shape index (κ3) is 6.58. The summed E-state index contributed by atoms with van der Waals surface area (Å²) in [6, 6.07) is 9.15. The van der Waals surface area contributed by atoms with Crippen molar-refractivity contribution in [1.29, 1.82) is 0 Å². The van der Waals surface area contributed by atoms with Gasteiger partial charge in [-0.15, -0.1) is 0 Å². The van der Waals surface area contributed by atoms with E-state index in [0.29, 0.717) is 17.9 Å². The molecule has 3 amide bonds. The van der Waals surface area contributed by atoms with Crippen LogP contribution in [0, 0.1) is 5.82 Å². The lowest BCUT2D eigenvalue weighted by molar-refractivity contribution is -0.123. The number of benzene rings is 2. The number of hydrogen-bond acceptors (Lipinski definition) is 6. The van der Waals surface area contributed by atoms with Crippen LogP contribution < -0.4 is 15.4 Å². The van der Waals surface area contributed by atoms with Crippen molar-refractivity contribution in [2.45, 2.75) is 13.5 Å².